The molecule has 0 saturated carbocycles. The minimum atomic E-state index is -0.365. The first-order valence-electron chi connectivity index (χ1n) is 10.2. The second-order valence-corrected chi connectivity index (χ2v) is 7.73. The van der Waals surface area contributed by atoms with Crippen LogP contribution in [0, 0.1) is 25.6 Å². The Bertz CT molecular complexity index is 1080. The molecule has 162 valence electrons. The standard InChI is InChI=1S/C21H24FN7O2/c1-14-23-27-29(26-14)13-18-3-5-19(22)12-17(18)4-6-21(30)28-9-7-16(8-10-28)11-20-25-24-15(2)31-20/h3-6,12,16H,7-11,13H2,1-2H3. The normalized spacial score (nSPS) is 15.1. The topological polar surface area (TPSA) is 103 Å². The van der Waals surface area contributed by atoms with Crippen molar-refractivity contribution >= 4 is 12.0 Å². The van der Waals surface area contributed by atoms with Gasteiger partial charge in [-0.2, -0.15) is 4.80 Å². The maximum Gasteiger partial charge on any atom is 0.246 e. The molecular formula is C21H24FN7O2. The number of benzene rings is 1. The van der Waals surface area contributed by atoms with Crippen molar-refractivity contribution in [3.63, 3.8) is 0 Å². The van der Waals surface area contributed by atoms with Crippen LogP contribution in [0.5, 0.6) is 0 Å². The zero-order valence-corrected chi connectivity index (χ0v) is 17.5. The molecule has 1 saturated heterocycles. The summed E-state index contributed by atoms with van der Waals surface area (Å²) in [5.41, 5.74) is 1.42. The fourth-order valence-corrected chi connectivity index (χ4v) is 3.70. The van der Waals surface area contributed by atoms with E-state index in [0.29, 0.717) is 48.7 Å². The van der Waals surface area contributed by atoms with Crippen molar-refractivity contribution < 1.29 is 13.6 Å². The Morgan fingerprint density at radius 2 is 2.03 bits per heavy atom. The van der Waals surface area contributed by atoms with E-state index in [0.717, 1.165) is 24.8 Å². The lowest BCUT2D eigenvalue weighted by atomic mass is 9.93. The van der Waals surface area contributed by atoms with Gasteiger partial charge in [0.1, 0.15) is 5.82 Å². The van der Waals surface area contributed by atoms with E-state index in [1.807, 2.05) is 4.90 Å². The Morgan fingerprint density at radius 1 is 1.23 bits per heavy atom. The van der Waals surface area contributed by atoms with Gasteiger partial charge in [-0.1, -0.05) is 6.07 Å². The predicted octanol–water partition coefficient (Wildman–Crippen LogP) is 2.35. The Labute approximate surface area is 179 Å². The zero-order valence-electron chi connectivity index (χ0n) is 17.5. The van der Waals surface area contributed by atoms with E-state index < -0.39 is 0 Å². The predicted molar refractivity (Wildman–Crippen MR) is 109 cm³/mol. The summed E-state index contributed by atoms with van der Waals surface area (Å²) in [6.45, 7) is 5.20. The summed E-state index contributed by atoms with van der Waals surface area (Å²) in [7, 11) is 0. The third-order valence-corrected chi connectivity index (χ3v) is 5.34. The van der Waals surface area contributed by atoms with Crippen LogP contribution < -0.4 is 0 Å². The molecule has 0 atom stereocenters. The number of aryl methyl sites for hydroxylation is 2. The summed E-state index contributed by atoms with van der Waals surface area (Å²) < 4.78 is 19.2. The van der Waals surface area contributed by atoms with Crippen LogP contribution in [0.1, 0.15) is 41.6 Å². The number of carbonyl (C=O) groups is 1. The third kappa shape index (κ3) is 5.39. The van der Waals surface area contributed by atoms with Gasteiger partial charge < -0.3 is 9.32 Å². The van der Waals surface area contributed by atoms with Gasteiger partial charge in [-0.15, -0.1) is 20.4 Å². The molecule has 1 aromatic carbocycles. The van der Waals surface area contributed by atoms with Crippen molar-refractivity contribution in [2.75, 3.05) is 13.1 Å². The fourth-order valence-electron chi connectivity index (χ4n) is 3.70. The molecule has 0 unspecified atom stereocenters. The summed E-state index contributed by atoms with van der Waals surface area (Å²) >= 11 is 0. The first-order chi connectivity index (χ1) is 15.0. The number of halogens is 1. The number of hydrogen-bond acceptors (Lipinski definition) is 7. The summed E-state index contributed by atoms with van der Waals surface area (Å²) in [4.78, 5) is 15.9. The molecule has 1 aliphatic heterocycles. The van der Waals surface area contributed by atoms with Crippen molar-refractivity contribution in [2.45, 2.75) is 39.7 Å². The second kappa shape index (κ2) is 9.15. The number of piperidine rings is 1. The van der Waals surface area contributed by atoms with E-state index in [2.05, 4.69) is 25.6 Å². The molecule has 4 rings (SSSR count). The first-order valence-corrected chi connectivity index (χ1v) is 10.2. The molecule has 3 heterocycles. The molecule has 0 radical (unpaired) electrons. The number of carbonyl (C=O) groups excluding carboxylic acids is 1. The third-order valence-electron chi connectivity index (χ3n) is 5.34. The van der Waals surface area contributed by atoms with E-state index >= 15 is 0 Å². The van der Waals surface area contributed by atoms with Gasteiger partial charge in [-0.25, -0.2) is 4.39 Å². The Balaban J connectivity index is 1.36. The maximum atomic E-state index is 13.8. The molecular weight excluding hydrogens is 401 g/mol. The van der Waals surface area contributed by atoms with Crippen LogP contribution in [0.3, 0.4) is 0 Å². The van der Waals surface area contributed by atoms with Gasteiger partial charge in [0.05, 0.1) is 6.54 Å². The lowest BCUT2D eigenvalue weighted by molar-refractivity contribution is -0.127. The molecule has 2 aromatic heterocycles. The van der Waals surface area contributed by atoms with E-state index in [-0.39, 0.29) is 11.7 Å². The largest absolute Gasteiger partial charge is 0.426 e. The molecule has 0 N–H and O–H groups in total. The highest BCUT2D eigenvalue weighted by molar-refractivity contribution is 5.92. The van der Waals surface area contributed by atoms with Gasteiger partial charge in [0.25, 0.3) is 0 Å². The van der Waals surface area contributed by atoms with Crippen molar-refractivity contribution in [3.8, 4) is 0 Å². The van der Waals surface area contributed by atoms with E-state index in [1.54, 1.807) is 26.0 Å². The Hall–Kier alpha value is -3.43. The average molecular weight is 425 g/mol. The van der Waals surface area contributed by atoms with E-state index in [4.69, 9.17) is 4.42 Å². The zero-order chi connectivity index (χ0) is 21.8. The van der Waals surface area contributed by atoms with E-state index in [1.165, 1.54) is 23.0 Å². The molecule has 1 fully saturated rings. The monoisotopic (exact) mass is 425 g/mol. The van der Waals surface area contributed by atoms with Crippen molar-refractivity contribution in [2.24, 2.45) is 5.92 Å². The SMILES string of the molecule is Cc1nnn(Cc2ccc(F)cc2C=CC(=O)N2CCC(Cc3nnc(C)o3)CC2)n1. The number of tetrazole rings is 1. The number of hydrogen-bond donors (Lipinski definition) is 0. The summed E-state index contributed by atoms with van der Waals surface area (Å²) in [5.74, 6) is 1.75. The molecule has 3 aromatic rings. The van der Waals surface area contributed by atoms with E-state index in [9.17, 15) is 9.18 Å². The van der Waals surface area contributed by atoms with Gasteiger partial charge in [0.2, 0.25) is 17.7 Å². The van der Waals surface area contributed by atoms with Crippen LogP contribution >= 0.6 is 0 Å². The van der Waals surface area contributed by atoms with Gasteiger partial charge in [0, 0.05) is 32.5 Å². The number of amides is 1. The lowest BCUT2D eigenvalue weighted by Crippen LogP contribution is -2.38. The van der Waals surface area contributed by atoms with Crippen LogP contribution in [-0.2, 0) is 17.8 Å². The summed E-state index contributed by atoms with van der Waals surface area (Å²) in [5, 5.41) is 19.9. The molecule has 1 aliphatic rings. The minimum absolute atomic E-state index is 0.0861. The Kier molecular flexibility index (Phi) is 6.15. The summed E-state index contributed by atoms with van der Waals surface area (Å²) in [6, 6.07) is 4.46. The summed E-state index contributed by atoms with van der Waals surface area (Å²) in [6.07, 6.45) is 5.64. The van der Waals surface area contributed by atoms with Crippen LogP contribution in [0.15, 0.2) is 28.7 Å². The van der Waals surface area contributed by atoms with Gasteiger partial charge >= 0.3 is 0 Å². The lowest BCUT2D eigenvalue weighted by Gasteiger charge is -2.30. The minimum Gasteiger partial charge on any atom is -0.426 e. The Morgan fingerprint density at radius 3 is 2.71 bits per heavy atom. The number of likely N-dealkylation sites (tertiary alicyclic amines) is 1. The van der Waals surface area contributed by atoms with Crippen LogP contribution in [0.25, 0.3) is 6.08 Å². The molecule has 9 nitrogen and oxygen atoms in total. The molecule has 1 amide bonds. The second-order valence-electron chi connectivity index (χ2n) is 7.73. The van der Waals surface area contributed by atoms with Crippen molar-refractivity contribution in [1.29, 1.82) is 0 Å². The molecule has 10 heteroatoms. The van der Waals surface area contributed by atoms with Crippen LogP contribution in [0.4, 0.5) is 4.39 Å². The number of aromatic nitrogens is 6. The highest BCUT2D eigenvalue weighted by Gasteiger charge is 2.23. The molecule has 0 spiro atoms. The average Bonchev–Trinajstić information content (AvgIpc) is 3.36. The van der Waals surface area contributed by atoms with Crippen molar-refractivity contribution in [1.82, 2.24) is 35.3 Å². The van der Waals surface area contributed by atoms with Gasteiger partial charge in [0.15, 0.2) is 5.82 Å². The van der Waals surface area contributed by atoms with Gasteiger partial charge in [-0.05, 0) is 60.2 Å². The number of nitrogens with zero attached hydrogens (tertiary/aromatic N) is 7. The van der Waals surface area contributed by atoms with Crippen molar-refractivity contribution in [3.05, 3.63) is 58.8 Å². The van der Waals surface area contributed by atoms with Gasteiger partial charge in [-0.3, -0.25) is 4.79 Å². The van der Waals surface area contributed by atoms with Crippen LogP contribution in [0.2, 0.25) is 0 Å². The highest BCUT2D eigenvalue weighted by atomic mass is 19.1. The molecule has 0 bridgehead atoms. The molecule has 0 aliphatic carbocycles. The number of rotatable bonds is 6. The highest BCUT2D eigenvalue weighted by Crippen LogP contribution is 2.22. The maximum absolute atomic E-state index is 13.8. The smallest absolute Gasteiger partial charge is 0.246 e. The van der Waals surface area contributed by atoms with Crippen LogP contribution in [-0.4, -0.2) is 54.3 Å². The first kappa shape index (κ1) is 20.8. The fraction of sp³-hybridized carbons (Fsp3) is 0.429. The molecule has 31 heavy (non-hydrogen) atoms. The quantitative estimate of drug-likeness (QED) is 0.559.